The minimum absolute atomic E-state index is 0.501. The molecule has 0 N–H and O–H groups in total. The van der Waals surface area contributed by atoms with E-state index in [9.17, 15) is 0 Å². The van der Waals surface area contributed by atoms with E-state index in [-0.39, 0.29) is 0 Å². The van der Waals surface area contributed by atoms with Gasteiger partial charge in [-0.25, -0.2) is 0 Å². The molecule has 1 aliphatic rings. The summed E-state index contributed by atoms with van der Waals surface area (Å²) in [6, 6.07) is 0. The van der Waals surface area contributed by atoms with Gasteiger partial charge in [0, 0.05) is 0 Å². The molecule has 0 aliphatic carbocycles. The van der Waals surface area contributed by atoms with Crippen LogP contribution in [0.1, 0.15) is 41.5 Å². The highest BCUT2D eigenvalue weighted by atomic mass is 29.6. The molecule has 0 saturated heterocycles. The summed E-state index contributed by atoms with van der Waals surface area (Å²) in [5.74, 6) is 0. The maximum Gasteiger partial charge on any atom is 0.0846 e. The summed E-state index contributed by atoms with van der Waals surface area (Å²) in [5, 5.41) is 1.00. The van der Waals surface area contributed by atoms with E-state index in [0.29, 0.717) is 10.1 Å². The Bertz CT molecular complexity index is 517. The molecule has 0 aromatic rings. The van der Waals surface area contributed by atoms with Gasteiger partial charge in [-0.1, -0.05) is 117 Å². The SMILES string of the molecule is CC(C)(C)[Si](C)(C)[Si]1([Si](C)(C)C(C)(C)C)C([Si](C)(C)C)=C1[Si](C)(C)C. The van der Waals surface area contributed by atoms with Gasteiger partial charge in [-0.3, -0.25) is 0 Å². The van der Waals surface area contributed by atoms with Crippen molar-refractivity contribution in [1.82, 2.24) is 0 Å². The maximum atomic E-state index is 2.81. The minimum atomic E-state index is -1.47. The van der Waals surface area contributed by atoms with Crippen molar-refractivity contribution >= 4 is 38.4 Å². The number of hydrogen-bond acceptors (Lipinski definition) is 0. The van der Waals surface area contributed by atoms with Crippen molar-refractivity contribution in [2.24, 2.45) is 0 Å². The monoisotopic (exact) mass is 428 g/mol. The van der Waals surface area contributed by atoms with Crippen LogP contribution in [0, 0.1) is 0 Å². The van der Waals surface area contributed by atoms with E-state index in [1.807, 2.05) is 0 Å². The molecule has 0 bridgehead atoms. The van der Waals surface area contributed by atoms with Gasteiger partial charge in [-0.15, -0.1) is 0 Å². The third-order valence-electron chi connectivity index (χ3n) is 8.06. The Balaban J connectivity index is 3.96. The van der Waals surface area contributed by atoms with Gasteiger partial charge in [-0.2, -0.15) is 0 Å². The van der Waals surface area contributed by atoms with Crippen LogP contribution in [-0.4, -0.2) is 38.4 Å². The molecule has 148 valence electrons. The zero-order valence-corrected chi connectivity index (χ0v) is 25.5. The summed E-state index contributed by atoms with van der Waals surface area (Å²) in [5.41, 5.74) is 0. The second kappa shape index (κ2) is 5.91. The average Bonchev–Trinajstić information content (AvgIpc) is 2.96. The maximum absolute atomic E-state index is 2.81. The zero-order chi connectivity index (χ0) is 20.7. The van der Waals surface area contributed by atoms with Crippen LogP contribution in [0.25, 0.3) is 0 Å². The molecular weight excluding hydrogens is 381 g/mol. The number of rotatable bonds is 4. The number of hydrogen-bond donors (Lipinski definition) is 0. The second-order valence-electron chi connectivity index (χ2n) is 13.8. The lowest BCUT2D eigenvalue weighted by Gasteiger charge is -2.57. The minimum Gasteiger partial charge on any atom is -0.0990 e. The first-order chi connectivity index (χ1) is 10.5. The van der Waals surface area contributed by atoms with Gasteiger partial charge in [0.1, 0.15) is 0 Å². The van der Waals surface area contributed by atoms with E-state index in [1.54, 1.807) is 0 Å². The highest BCUT2D eigenvalue weighted by Crippen LogP contribution is 2.67. The van der Waals surface area contributed by atoms with Gasteiger partial charge in [0.25, 0.3) is 0 Å². The largest absolute Gasteiger partial charge is 0.0990 e. The first kappa shape index (κ1) is 23.9. The Morgan fingerprint density at radius 1 is 0.480 bits per heavy atom. The van der Waals surface area contributed by atoms with Crippen LogP contribution in [-0.2, 0) is 0 Å². The van der Waals surface area contributed by atoms with E-state index in [1.165, 1.54) is 0 Å². The van der Waals surface area contributed by atoms with Gasteiger partial charge in [0.2, 0.25) is 0 Å². The predicted molar refractivity (Wildman–Crippen MR) is 134 cm³/mol. The van der Waals surface area contributed by atoms with Crippen molar-refractivity contribution in [3.8, 4) is 0 Å². The highest BCUT2D eigenvalue weighted by molar-refractivity contribution is 7.82. The molecule has 1 heterocycles. The standard InChI is InChI=1S/C20H48Si5/c1-19(2,3)23(13,14)25(24(15,16)20(4,5)6)17(21(7,8)9)18(25)22(10,11)12/h1-16H3. The molecule has 1 aliphatic heterocycles. The van der Waals surface area contributed by atoms with E-state index >= 15 is 0 Å². The fourth-order valence-electron chi connectivity index (χ4n) is 5.31. The van der Waals surface area contributed by atoms with Crippen LogP contribution in [0.3, 0.4) is 0 Å². The molecule has 0 nitrogen and oxygen atoms in total. The third kappa shape index (κ3) is 3.28. The molecule has 0 fully saturated rings. The van der Waals surface area contributed by atoms with Crippen LogP contribution in [0.15, 0.2) is 9.64 Å². The lowest BCUT2D eigenvalue weighted by atomic mass is 10.2. The quantitative estimate of drug-likeness (QED) is 0.401. The van der Waals surface area contributed by atoms with Gasteiger partial charge in [-0.05, 0) is 10.1 Å². The Morgan fingerprint density at radius 3 is 0.800 bits per heavy atom. The van der Waals surface area contributed by atoms with Gasteiger partial charge in [0.05, 0.1) is 38.4 Å². The molecule has 1 rings (SSSR count). The molecule has 5 heteroatoms. The first-order valence-corrected chi connectivity index (χ1v) is 27.2. The molecular formula is C20H48Si5. The molecule has 0 aromatic carbocycles. The topological polar surface area (TPSA) is 0 Å². The first-order valence-electron chi connectivity index (χ1n) is 10.2. The molecule has 0 atom stereocenters. The van der Waals surface area contributed by atoms with Crippen molar-refractivity contribution < 1.29 is 0 Å². The van der Waals surface area contributed by atoms with Gasteiger partial charge in [0.15, 0.2) is 0 Å². The van der Waals surface area contributed by atoms with E-state index in [2.05, 4.69) is 117 Å². The summed E-state index contributed by atoms with van der Waals surface area (Å²) in [7, 11) is -6.83. The molecule has 25 heavy (non-hydrogen) atoms. The molecule has 0 amide bonds. The second-order valence-corrected chi connectivity index (χ2v) is 50.2. The lowest BCUT2D eigenvalue weighted by molar-refractivity contribution is 0.726. The van der Waals surface area contributed by atoms with Crippen molar-refractivity contribution in [3.05, 3.63) is 9.64 Å². The Morgan fingerprint density at radius 2 is 0.680 bits per heavy atom. The van der Waals surface area contributed by atoms with Gasteiger partial charge < -0.3 is 0 Å². The molecule has 0 unspecified atom stereocenters. The van der Waals surface area contributed by atoms with Crippen LogP contribution in [0.5, 0.6) is 0 Å². The van der Waals surface area contributed by atoms with E-state index < -0.39 is 38.4 Å². The summed E-state index contributed by atoms with van der Waals surface area (Å²) in [6.07, 6.45) is 0. The Labute approximate surface area is 164 Å². The van der Waals surface area contributed by atoms with Gasteiger partial charge >= 0.3 is 0 Å². The predicted octanol–water partition coefficient (Wildman–Crippen LogP) is 7.75. The van der Waals surface area contributed by atoms with Crippen molar-refractivity contribution in [2.45, 2.75) is 117 Å². The summed E-state index contributed by atoms with van der Waals surface area (Å²) < 4.78 is 0. The summed E-state index contributed by atoms with van der Waals surface area (Å²) >= 11 is 0. The Kier molecular flexibility index (Phi) is 5.64. The highest BCUT2D eigenvalue weighted by Gasteiger charge is 2.78. The molecule has 0 saturated carbocycles. The average molecular weight is 429 g/mol. The van der Waals surface area contributed by atoms with Crippen molar-refractivity contribution in [2.75, 3.05) is 0 Å². The Hall–Kier alpha value is 0.824. The van der Waals surface area contributed by atoms with Crippen LogP contribution in [0.4, 0.5) is 0 Å². The summed E-state index contributed by atoms with van der Waals surface area (Å²) in [6.45, 7) is 42.8. The fourth-order valence-corrected chi connectivity index (χ4v) is 97.3. The van der Waals surface area contributed by atoms with Crippen molar-refractivity contribution in [1.29, 1.82) is 0 Å². The van der Waals surface area contributed by atoms with Crippen LogP contribution in [0.2, 0.25) is 75.5 Å². The summed E-state index contributed by atoms with van der Waals surface area (Å²) in [4.78, 5) is 4.38. The molecule has 0 spiro atoms. The normalized spacial score (nSPS) is 20.2. The fraction of sp³-hybridized carbons (Fsp3) is 0.900. The van der Waals surface area contributed by atoms with Crippen LogP contribution >= 0.6 is 0 Å². The zero-order valence-electron chi connectivity index (χ0n) is 20.5. The van der Waals surface area contributed by atoms with E-state index in [0.717, 1.165) is 0 Å². The lowest BCUT2D eigenvalue weighted by Crippen LogP contribution is -2.76. The third-order valence-corrected chi connectivity index (χ3v) is 65.1. The molecule has 0 aromatic heterocycles. The smallest absolute Gasteiger partial charge is 0.0846 e. The van der Waals surface area contributed by atoms with Crippen LogP contribution < -0.4 is 0 Å². The molecule has 0 radical (unpaired) electrons. The van der Waals surface area contributed by atoms with E-state index in [4.69, 9.17) is 0 Å². The van der Waals surface area contributed by atoms with Crippen molar-refractivity contribution in [3.63, 3.8) is 0 Å².